The molecule has 4 saturated carbocycles. The first-order valence-corrected chi connectivity index (χ1v) is 9.25. The third kappa shape index (κ3) is 1.74. The lowest BCUT2D eigenvalue weighted by molar-refractivity contribution is -0.133. The van der Waals surface area contributed by atoms with Crippen molar-refractivity contribution in [2.24, 2.45) is 39.7 Å². The number of fused-ring (bicyclic) bond motifs is 5. The van der Waals surface area contributed by atoms with Gasteiger partial charge >= 0.3 is 0 Å². The Bertz CT molecular complexity index is 528. The number of ketones is 1. The molecule has 22 heavy (non-hydrogen) atoms. The monoisotopic (exact) mass is 303 g/mol. The second-order valence-corrected chi connectivity index (χ2v) is 8.89. The summed E-state index contributed by atoms with van der Waals surface area (Å²) < 4.78 is 0. The van der Waals surface area contributed by atoms with E-state index in [-0.39, 0.29) is 5.41 Å². The molecule has 0 spiro atoms. The van der Waals surface area contributed by atoms with Gasteiger partial charge in [0.25, 0.3) is 0 Å². The highest BCUT2D eigenvalue weighted by molar-refractivity contribution is 5.90. The van der Waals surface area contributed by atoms with Gasteiger partial charge in [-0.15, -0.1) is 0 Å². The van der Waals surface area contributed by atoms with Crippen LogP contribution in [0, 0.1) is 34.5 Å². The number of rotatable bonds is 0. The van der Waals surface area contributed by atoms with Gasteiger partial charge in [-0.1, -0.05) is 31.8 Å². The quantitative estimate of drug-likeness (QED) is 0.531. The molecule has 6 atom stereocenters. The maximum atomic E-state index is 12.4. The van der Waals surface area contributed by atoms with Crippen molar-refractivity contribution in [2.45, 2.75) is 71.6 Å². The minimum Gasteiger partial charge on any atom is -0.411 e. The fraction of sp³-hybridized carbons (Fsp3) is 0.895. The first-order valence-electron chi connectivity index (χ1n) is 9.25. The minimum absolute atomic E-state index is 0.0837. The van der Waals surface area contributed by atoms with Gasteiger partial charge < -0.3 is 5.21 Å². The van der Waals surface area contributed by atoms with Crippen molar-refractivity contribution in [3.63, 3.8) is 0 Å². The first kappa shape index (κ1) is 14.7. The van der Waals surface area contributed by atoms with Gasteiger partial charge in [0.05, 0.1) is 5.71 Å². The predicted octanol–water partition coefficient (Wildman–Crippen LogP) is 4.43. The van der Waals surface area contributed by atoms with E-state index < -0.39 is 0 Å². The van der Waals surface area contributed by atoms with Crippen LogP contribution in [0.2, 0.25) is 0 Å². The summed E-state index contributed by atoms with van der Waals surface area (Å²) in [6.07, 6.45) is 10.1. The predicted molar refractivity (Wildman–Crippen MR) is 86.0 cm³/mol. The van der Waals surface area contributed by atoms with Gasteiger partial charge in [-0.2, -0.15) is 0 Å². The first-order chi connectivity index (χ1) is 10.5. The average molecular weight is 303 g/mol. The molecule has 0 aromatic carbocycles. The van der Waals surface area contributed by atoms with Gasteiger partial charge in [-0.3, -0.25) is 4.79 Å². The summed E-state index contributed by atoms with van der Waals surface area (Å²) >= 11 is 0. The molecule has 4 aliphatic carbocycles. The molecule has 0 amide bonds. The van der Waals surface area contributed by atoms with Crippen LogP contribution < -0.4 is 0 Å². The molecule has 0 aromatic heterocycles. The molecule has 122 valence electrons. The molecule has 4 aliphatic rings. The Labute approximate surface area is 133 Å². The zero-order valence-corrected chi connectivity index (χ0v) is 14.0. The van der Waals surface area contributed by atoms with Gasteiger partial charge in [-0.25, -0.2) is 0 Å². The fourth-order valence-corrected chi connectivity index (χ4v) is 7.01. The molecule has 0 aliphatic heterocycles. The number of nitrogens with zero attached hydrogens (tertiary/aromatic N) is 1. The van der Waals surface area contributed by atoms with Crippen LogP contribution in [-0.2, 0) is 4.79 Å². The van der Waals surface area contributed by atoms with E-state index in [0.717, 1.165) is 37.3 Å². The highest BCUT2D eigenvalue weighted by Crippen LogP contribution is 2.64. The molecule has 0 radical (unpaired) electrons. The molecule has 3 heteroatoms. The number of carbonyl (C=O) groups excluding carboxylic acids is 1. The molecule has 1 N–H and O–H groups in total. The number of carbonyl (C=O) groups is 1. The Morgan fingerprint density at radius 1 is 1.09 bits per heavy atom. The van der Waals surface area contributed by atoms with Gasteiger partial charge in [0.15, 0.2) is 0 Å². The fourth-order valence-electron chi connectivity index (χ4n) is 7.01. The van der Waals surface area contributed by atoms with Crippen molar-refractivity contribution < 1.29 is 10.0 Å². The van der Waals surface area contributed by atoms with Crippen LogP contribution in [0.15, 0.2) is 5.16 Å². The topological polar surface area (TPSA) is 49.7 Å². The van der Waals surface area contributed by atoms with Crippen LogP contribution in [0.25, 0.3) is 0 Å². The summed E-state index contributed by atoms with van der Waals surface area (Å²) in [5.74, 6) is 2.79. The van der Waals surface area contributed by atoms with Gasteiger partial charge in [0, 0.05) is 17.8 Å². The van der Waals surface area contributed by atoms with E-state index in [4.69, 9.17) is 0 Å². The highest BCUT2D eigenvalue weighted by atomic mass is 16.4. The molecule has 4 fully saturated rings. The normalized spacial score (nSPS) is 53.0. The molecule has 3 nitrogen and oxygen atoms in total. The van der Waals surface area contributed by atoms with Crippen molar-refractivity contribution in [2.75, 3.05) is 0 Å². The lowest BCUT2D eigenvalue weighted by atomic mass is 9.45. The smallest absolute Gasteiger partial charge is 0.139 e. The van der Waals surface area contributed by atoms with Crippen LogP contribution in [0.5, 0.6) is 0 Å². The van der Waals surface area contributed by atoms with E-state index in [1.807, 2.05) is 0 Å². The Balaban J connectivity index is 1.73. The van der Waals surface area contributed by atoms with E-state index >= 15 is 0 Å². The number of hydrogen-bond donors (Lipinski definition) is 1. The molecular formula is C19H29NO2. The molecular weight excluding hydrogens is 274 g/mol. The molecule has 4 rings (SSSR count). The van der Waals surface area contributed by atoms with E-state index in [2.05, 4.69) is 19.0 Å². The standard InChI is InChI=1S/C19H29NO2/c1-18-9-4-3-5-15(18)16(20-22)11-12-13-6-7-17(21)19(13,2)10-8-14(12)18/h12-15,22H,3-11H2,1-2H3/b20-16-/t12-,13-,14-,15?,18+,19-/m0/s1. The Morgan fingerprint density at radius 3 is 2.68 bits per heavy atom. The SMILES string of the molecule is C[C@]12CCCCC1/C(=N\O)C[C@@H]1[C@@H]2CC[C@]2(C)C(=O)CC[C@@H]12. The molecule has 0 saturated heterocycles. The number of Topliss-reactive ketones (excluding diaryl/α,β-unsaturated/α-hetero) is 1. The summed E-state index contributed by atoms with van der Waals surface area (Å²) in [5, 5.41) is 13.4. The maximum Gasteiger partial charge on any atom is 0.139 e. The summed E-state index contributed by atoms with van der Waals surface area (Å²) in [5.41, 5.74) is 1.27. The lowest BCUT2D eigenvalue weighted by Gasteiger charge is -2.59. The van der Waals surface area contributed by atoms with E-state index in [1.54, 1.807) is 0 Å². The Hall–Kier alpha value is -0.860. The highest BCUT2D eigenvalue weighted by Gasteiger charge is 2.61. The summed E-state index contributed by atoms with van der Waals surface area (Å²) in [6.45, 7) is 4.67. The second kappa shape index (κ2) is 4.82. The summed E-state index contributed by atoms with van der Waals surface area (Å²) in [6, 6.07) is 0. The van der Waals surface area contributed by atoms with E-state index in [1.165, 1.54) is 32.1 Å². The van der Waals surface area contributed by atoms with Crippen LogP contribution in [0.3, 0.4) is 0 Å². The third-order valence-electron chi connectivity index (χ3n) is 8.22. The van der Waals surface area contributed by atoms with Crippen LogP contribution in [0.1, 0.15) is 71.6 Å². The number of oxime groups is 1. The van der Waals surface area contributed by atoms with Crippen LogP contribution in [-0.4, -0.2) is 16.7 Å². The van der Waals surface area contributed by atoms with Gasteiger partial charge in [0.2, 0.25) is 0 Å². The Morgan fingerprint density at radius 2 is 1.91 bits per heavy atom. The Kier molecular flexibility index (Phi) is 3.22. The van der Waals surface area contributed by atoms with Crippen molar-refractivity contribution in [1.82, 2.24) is 0 Å². The summed E-state index contributed by atoms with van der Waals surface area (Å²) in [4.78, 5) is 12.4. The zero-order chi connectivity index (χ0) is 15.5. The number of hydrogen-bond acceptors (Lipinski definition) is 3. The largest absolute Gasteiger partial charge is 0.411 e. The molecule has 0 heterocycles. The van der Waals surface area contributed by atoms with E-state index in [0.29, 0.717) is 29.0 Å². The molecule has 1 unspecified atom stereocenters. The van der Waals surface area contributed by atoms with Crippen LogP contribution >= 0.6 is 0 Å². The van der Waals surface area contributed by atoms with Crippen molar-refractivity contribution in [1.29, 1.82) is 0 Å². The zero-order valence-electron chi connectivity index (χ0n) is 14.0. The van der Waals surface area contributed by atoms with Crippen LogP contribution in [0.4, 0.5) is 0 Å². The summed E-state index contributed by atoms with van der Waals surface area (Å²) in [7, 11) is 0. The third-order valence-corrected chi connectivity index (χ3v) is 8.22. The lowest BCUT2D eigenvalue weighted by Crippen LogP contribution is -2.55. The van der Waals surface area contributed by atoms with Crippen molar-refractivity contribution in [3.8, 4) is 0 Å². The van der Waals surface area contributed by atoms with Gasteiger partial charge in [0.1, 0.15) is 5.78 Å². The minimum atomic E-state index is -0.0837. The second-order valence-electron chi connectivity index (χ2n) is 8.89. The van der Waals surface area contributed by atoms with Gasteiger partial charge in [-0.05, 0) is 61.7 Å². The van der Waals surface area contributed by atoms with Crippen molar-refractivity contribution in [3.05, 3.63) is 0 Å². The molecule has 0 bridgehead atoms. The average Bonchev–Trinajstić information content (AvgIpc) is 2.82. The van der Waals surface area contributed by atoms with E-state index in [9.17, 15) is 10.0 Å². The molecule has 0 aromatic rings. The van der Waals surface area contributed by atoms with Crippen molar-refractivity contribution >= 4 is 11.5 Å². The maximum absolute atomic E-state index is 12.4.